The van der Waals surface area contributed by atoms with Gasteiger partial charge in [-0.2, -0.15) is 0 Å². The molecule has 0 aliphatic rings. The van der Waals surface area contributed by atoms with E-state index in [0.717, 1.165) is 0 Å². The molecule has 1 aromatic carbocycles. The number of nitrogens with one attached hydrogen (secondary N) is 3. The molecule has 0 aromatic heterocycles. The summed E-state index contributed by atoms with van der Waals surface area (Å²) in [4.78, 5) is 23.3. The maximum Gasteiger partial charge on any atom is 0.253 e. The van der Waals surface area contributed by atoms with Crippen molar-refractivity contribution in [2.75, 3.05) is 18.5 Å². The van der Waals surface area contributed by atoms with Crippen molar-refractivity contribution >= 4 is 17.5 Å². The molecule has 0 heterocycles. The lowest BCUT2D eigenvalue weighted by molar-refractivity contribution is -0.120. The highest BCUT2D eigenvalue weighted by Crippen LogP contribution is 2.18. The number of nitrogens with two attached hydrogens (primary N) is 1. The van der Waals surface area contributed by atoms with Crippen molar-refractivity contribution in [1.29, 1.82) is 0 Å². The highest BCUT2D eigenvalue weighted by Gasteiger charge is 2.15. The molecule has 20 heavy (non-hydrogen) atoms. The second kappa shape index (κ2) is 7.44. The van der Waals surface area contributed by atoms with Crippen molar-refractivity contribution in [2.24, 2.45) is 11.8 Å². The van der Waals surface area contributed by atoms with Crippen LogP contribution >= 0.6 is 0 Å². The molecular formula is C13H19FN4O2. The zero-order valence-corrected chi connectivity index (χ0v) is 11.5. The number of anilines is 1. The van der Waals surface area contributed by atoms with E-state index < -0.39 is 11.7 Å². The van der Waals surface area contributed by atoms with Gasteiger partial charge in [0.05, 0.1) is 17.8 Å². The first-order chi connectivity index (χ1) is 9.45. The molecule has 2 amide bonds. The molecule has 0 bridgehead atoms. The van der Waals surface area contributed by atoms with Crippen LogP contribution in [0.25, 0.3) is 0 Å². The first-order valence-electron chi connectivity index (χ1n) is 6.25. The van der Waals surface area contributed by atoms with Gasteiger partial charge in [0.1, 0.15) is 5.82 Å². The topological polar surface area (TPSA) is 96.2 Å². The Morgan fingerprint density at radius 2 is 2.00 bits per heavy atom. The van der Waals surface area contributed by atoms with Crippen LogP contribution in [0.5, 0.6) is 0 Å². The Morgan fingerprint density at radius 1 is 1.30 bits per heavy atom. The molecule has 0 spiro atoms. The molecule has 1 aromatic rings. The zero-order chi connectivity index (χ0) is 15.1. The molecule has 7 heteroatoms. The summed E-state index contributed by atoms with van der Waals surface area (Å²) < 4.78 is 13.4. The van der Waals surface area contributed by atoms with Gasteiger partial charge in [-0.25, -0.2) is 4.39 Å². The smallest absolute Gasteiger partial charge is 0.253 e. The molecule has 0 aliphatic heterocycles. The van der Waals surface area contributed by atoms with Gasteiger partial charge in [-0.15, -0.1) is 0 Å². The minimum atomic E-state index is -0.635. The Bertz CT molecular complexity index is 491. The minimum absolute atomic E-state index is 0.0455. The van der Waals surface area contributed by atoms with Crippen LogP contribution in [0.1, 0.15) is 24.2 Å². The van der Waals surface area contributed by atoms with Gasteiger partial charge >= 0.3 is 0 Å². The Morgan fingerprint density at radius 3 is 2.60 bits per heavy atom. The number of hydrogen-bond acceptors (Lipinski definition) is 4. The molecule has 0 aliphatic carbocycles. The van der Waals surface area contributed by atoms with E-state index >= 15 is 0 Å². The van der Waals surface area contributed by atoms with Crippen LogP contribution in [0.4, 0.5) is 10.1 Å². The number of nitrogen functional groups attached to an aromatic ring is 1. The van der Waals surface area contributed by atoms with Crippen LogP contribution in [-0.2, 0) is 4.79 Å². The molecule has 0 saturated carbocycles. The quantitative estimate of drug-likeness (QED) is 0.454. The first kappa shape index (κ1) is 15.9. The van der Waals surface area contributed by atoms with Crippen LogP contribution in [-0.4, -0.2) is 24.9 Å². The molecule has 110 valence electrons. The molecular weight excluding hydrogens is 263 g/mol. The largest absolute Gasteiger partial charge is 0.354 e. The van der Waals surface area contributed by atoms with E-state index in [1.807, 2.05) is 13.8 Å². The average Bonchev–Trinajstić information content (AvgIpc) is 2.42. The highest BCUT2D eigenvalue weighted by molar-refractivity contribution is 6.01. The van der Waals surface area contributed by atoms with E-state index in [0.29, 0.717) is 12.5 Å². The lowest BCUT2D eigenvalue weighted by atomic mass is 10.1. The lowest BCUT2D eigenvalue weighted by Crippen LogP contribution is -2.38. The predicted molar refractivity (Wildman–Crippen MR) is 74.4 cm³/mol. The van der Waals surface area contributed by atoms with Gasteiger partial charge in [-0.1, -0.05) is 19.9 Å². The second-order valence-corrected chi connectivity index (χ2v) is 4.69. The van der Waals surface area contributed by atoms with E-state index in [1.54, 1.807) is 0 Å². The summed E-state index contributed by atoms with van der Waals surface area (Å²) in [5, 5.41) is 5.07. The number of rotatable bonds is 6. The number of hydrogen-bond donors (Lipinski definition) is 4. The van der Waals surface area contributed by atoms with Gasteiger partial charge in [-0.05, 0) is 18.1 Å². The number of carbonyl (C=O) groups excluding carboxylic acids is 2. The molecule has 5 N–H and O–H groups in total. The normalized spacial score (nSPS) is 10.2. The molecule has 6 nitrogen and oxygen atoms in total. The monoisotopic (exact) mass is 282 g/mol. The summed E-state index contributed by atoms with van der Waals surface area (Å²) in [7, 11) is 0. The van der Waals surface area contributed by atoms with Crippen molar-refractivity contribution in [3.05, 3.63) is 29.6 Å². The molecule has 0 fully saturated rings. The van der Waals surface area contributed by atoms with E-state index in [2.05, 4.69) is 16.1 Å². The summed E-state index contributed by atoms with van der Waals surface area (Å²) in [5.41, 5.74) is 2.08. The molecule has 0 radical (unpaired) electrons. The van der Waals surface area contributed by atoms with Crippen LogP contribution in [0.15, 0.2) is 18.2 Å². The van der Waals surface area contributed by atoms with Gasteiger partial charge in [0.15, 0.2) is 0 Å². The van der Waals surface area contributed by atoms with Crippen molar-refractivity contribution in [3.8, 4) is 0 Å². The van der Waals surface area contributed by atoms with Gasteiger partial charge in [0.25, 0.3) is 5.91 Å². The van der Waals surface area contributed by atoms with E-state index in [9.17, 15) is 14.0 Å². The fourth-order valence-electron chi connectivity index (χ4n) is 1.50. The van der Waals surface area contributed by atoms with Gasteiger partial charge < -0.3 is 16.1 Å². The second-order valence-electron chi connectivity index (χ2n) is 4.69. The number of benzene rings is 1. The standard InChI is InChI=1S/C13H19FN4O2/c1-8(2)6-16-11(19)7-17-13(20)9-4-3-5-10(14)12(9)18-15/h3-5,8,18H,6-7,15H2,1-2H3,(H,16,19)(H,17,20). The van der Waals surface area contributed by atoms with Crippen molar-refractivity contribution in [1.82, 2.24) is 10.6 Å². The van der Waals surface area contributed by atoms with Crippen LogP contribution in [0, 0.1) is 11.7 Å². The summed E-state index contributed by atoms with van der Waals surface area (Å²) >= 11 is 0. The number of hydrazine groups is 1. The Labute approximate surface area is 116 Å². The molecule has 0 unspecified atom stereocenters. The van der Waals surface area contributed by atoms with Gasteiger partial charge in [-0.3, -0.25) is 15.4 Å². The SMILES string of the molecule is CC(C)CNC(=O)CNC(=O)c1cccc(F)c1NN. The van der Waals surface area contributed by atoms with Gasteiger partial charge in [0.2, 0.25) is 5.91 Å². The van der Waals surface area contributed by atoms with Crippen LogP contribution in [0.3, 0.4) is 0 Å². The maximum absolute atomic E-state index is 13.4. The Hall–Kier alpha value is -2.15. The molecule has 0 atom stereocenters. The average molecular weight is 282 g/mol. The van der Waals surface area contributed by atoms with Crippen LogP contribution in [0.2, 0.25) is 0 Å². The number of halogens is 1. The fourth-order valence-corrected chi connectivity index (χ4v) is 1.50. The van der Waals surface area contributed by atoms with Crippen molar-refractivity contribution in [3.63, 3.8) is 0 Å². The molecule has 1 rings (SSSR count). The third-order valence-electron chi connectivity index (χ3n) is 2.52. The summed E-state index contributed by atoms with van der Waals surface area (Å²) in [5.74, 6) is 3.99. The minimum Gasteiger partial charge on any atom is -0.354 e. The van der Waals surface area contributed by atoms with Crippen LogP contribution < -0.4 is 21.9 Å². The fraction of sp³-hybridized carbons (Fsp3) is 0.385. The molecule has 0 saturated heterocycles. The third-order valence-corrected chi connectivity index (χ3v) is 2.52. The van der Waals surface area contributed by atoms with E-state index in [-0.39, 0.29) is 23.7 Å². The number of amides is 2. The summed E-state index contributed by atoms with van der Waals surface area (Å²) in [6, 6.07) is 3.99. The summed E-state index contributed by atoms with van der Waals surface area (Å²) in [6.45, 7) is 4.28. The predicted octanol–water partition coefficient (Wildman–Crippen LogP) is 0.613. The van der Waals surface area contributed by atoms with Crippen molar-refractivity contribution < 1.29 is 14.0 Å². The summed E-state index contributed by atoms with van der Waals surface area (Å²) in [6.07, 6.45) is 0. The Balaban J connectivity index is 2.59. The Kier molecular flexibility index (Phi) is 5.92. The van der Waals surface area contributed by atoms with E-state index in [1.165, 1.54) is 18.2 Å². The van der Waals surface area contributed by atoms with Gasteiger partial charge in [0, 0.05) is 6.54 Å². The number of para-hydroxylation sites is 1. The zero-order valence-electron chi connectivity index (χ0n) is 11.5. The van der Waals surface area contributed by atoms with Crippen molar-refractivity contribution in [2.45, 2.75) is 13.8 Å². The third kappa shape index (κ3) is 4.51. The maximum atomic E-state index is 13.4. The number of carbonyl (C=O) groups is 2. The van der Waals surface area contributed by atoms with E-state index in [4.69, 9.17) is 5.84 Å². The first-order valence-corrected chi connectivity index (χ1v) is 6.25. The lowest BCUT2D eigenvalue weighted by Gasteiger charge is -2.11. The highest BCUT2D eigenvalue weighted by atomic mass is 19.1.